The van der Waals surface area contributed by atoms with Crippen LogP contribution in [0, 0.1) is 6.92 Å². The Hall–Kier alpha value is -2.59. The average Bonchev–Trinajstić information content (AvgIpc) is 2.61. The SMILES string of the molecule is CCOC(=O)C(C)Oc1ccc2c(-c3ccccc3C)cc(Cl)nc2c1. The minimum atomic E-state index is -0.692. The molecule has 2 aromatic carbocycles. The van der Waals surface area contributed by atoms with E-state index in [0.29, 0.717) is 23.0 Å². The molecule has 26 heavy (non-hydrogen) atoms. The van der Waals surface area contributed by atoms with E-state index in [9.17, 15) is 4.79 Å². The molecule has 5 heteroatoms. The maximum atomic E-state index is 11.8. The number of carbonyl (C=O) groups is 1. The molecule has 3 aromatic rings. The third-order valence-corrected chi connectivity index (χ3v) is 4.31. The number of halogens is 1. The fourth-order valence-electron chi connectivity index (χ4n) is 2.86. The maximum Gasteiger partial charge on any atom is 0.347 e. The first-order valence-electron chi connectivity index (χ1n) is 8.49. The molecule has 0 aliphatic carbocycles. The molecule has 0 radical (unpaired) electrons. The summed E-state index contributed by atoms with van der Waals surface area (Å²) in [5, 5.41) is 1.38. The predicted molar refractivity (Wildman–Crippen MR) is 104 cm³/mol. The first-order chi connectivity index (χ1) is 12.5. The van der Waals surface area contributed by atoms with Gasteiger partial charge in [0.05, 0.1) is 12.1 Å². The Morgan fingerprint density at radius 3 is 2.65 bits per heavy atom. The highest BCUT2D eigenvalue weighted by atomic mass is 35.5. The normalized spacial score (nSPS) is 12.0. The van der Waals surface area contributed by atoms with E-state index < -0.39 is 12.1 Å². The second-order valence-electron chi connectivity index (χ2n) is 6.00. The molecule has 0 amide bonds. The molecule has 0 fully saturated rings. The van der Waals surface area contributed by atoms with Crippen molar-refractivity contribution in [3.8, 4) is 16.9 Å². The fraction of sp³-hybridized carbons (Fsp3) is 0.238. The molecule has 0 bridgehead atoms. The van der Waals surface area contributed by atoms with E-state index in [-0.39, 0.29) is 0 Å². The highest BCUT2D eigenvalue weighted by molar-refractivity contribution is 6.30. The molecule has 3 rings (SSSR count). The minimum absolute atomic E-state index is 0.321. The van der Waals surface area contributed by atoms with Crippen molar-refractivity contribution in [2.24, 2.45) is 0 Å². The van der Waals surface area contributed by atoms with Gasteiger partial charge in [-0.25, -0.2) is 9.78 Å². The number of nitrogens with zero attached hydrogens (tertiary/aromatic N) is 1. The van der Waals surface area contributed by atoms with E-state index in [1.165, 1.54) is 0 Å². The molecule has 0 spiro atoms. The molecule has 1 atom stereocenters. The summed E-state index contributed by atoms with van der Waals surface area (Å²) in [6.07, 6.45) is -0.692. The predicted octanol–water partition coefficient (Wildman–Crippen LogP) is 5.19. The van der Waals surface area contributed by atoms with Crippen molar-refractivity contribution in [3.63, 3.8) is 0 Å². The molecule has 134 valence electrons. The van der Waals surface area contributed by atoms with Crippen LogP contribution in [-0.4, -0.2) is 23.7 Å². The molecular weight excluding hydrogens is 350 g/mol. The Balaban J connectivity index is 2.01. The van der Waals surface area contributed by atoms with E-state index in [1.807, 2.05) is 30.3 Å². The number of aromatic nitrogens is 1. The number of rotatable bonds is 5. The van der Waals surface area contributed by atoms with Gasteiger partial charge < -0.3 is 9.47 Å². The number of esters is 1. The summed E-state index contributed by atoms with van der Waals surface area (Å²) in [4.78, 5) is 16.2. The zero-order valence-electron chi connectivity index (χ0n) is 15.0. The number of benzene rings is 2. The monoisotopic (exact) mass is 369 g/mol. The van der Waals surface area contributed by atoms with Crippen LogP contribution in [0.5, 0.6) is 5.75 Å². The number of aryl methyl sites for hydroxylation is 1. The maximum absolute atomic E-state index is 11.8. The Kier molecular flexibility index (Phi) is 5.43. The van der Waals surface area contributed by atoms with Crippen molar-refractivity contribution in [1.82, 2.24) is 4.98 Å². The van der Waals surface area contributed by atoms with Gasteiger partial charge in [0.1, 0.15) is 10.9 Å². The second-order valence-corrected chi connectivity index (χ2v) is 6.39. The van der Waals surface area contributed by atoms with Crippen molar-refractivity contribution in [2.45, 2.75) is 26.9 Å². The second kappa shape index (κ2) is 7.75. The van der Waals surface area contributed by atoms with Gasteiger partial charge in [-0.3, -0.25) is 0 Å². The van der Waals surface area contributed by atoms with Crippen LogP contribution >= 0.6 is 11.6 Å². The summed E-state index contributed by atoms with van der Waals surface area (Å²) < 4.78 is 10.7. The van der Waals surface area contributed by atoms with Crippen LogP contribution in [0.25, 0.3) is 22.0 Å². The smallest absolute Gasteiger partial charge is 0.347 e. The summed E-state index contributed by atoms with van der Waals surface area (Å²) in [6, 6.07) is 15.6. The molecule has 0 saturated heterocycles. The molecule has 0 N–H and O–H groups in total. The first kappa shape index (κ1) is 18.2. The molecule has 0 saturated carbocycles. The van der Waals surface area contributed by atoms with Crippen molar-refractivity contribution >= 4 is 28.5 Å². The summed E-state index contributed by atoms with van der Waals surface area (Å²) in [5.74, 6) is 0.149. The van der Waals surface area contributed by atoms with Crippen LogP contribution in [0.1, 0.15) is 19.4 Å². The number of hydrogen-bond acceptors (Lipinski definition) is 4. The van der Waals surface area contributed by atoms with E-state index in [0.717, 1.165) is 22.1 Å². The largest absolute Gasteiger partial charge is 0.479 e. The standard InChI is InChI=1S/C21H20ClNO3/c1-4-25-21(24)14(3)26-15-9-10-17-18(12-20(22)23-19(17)11-15)16-8-6-5-7-13(16)2/h5-12,14H,4H2,1-3H3. The Bertz CT molecular complexity index is 955. The molecule has 1 aromatic heterocycles. The third kappa shape index (κ3) is 3.81. The van der Waals surface area contributed by atoms with E-state index >= 15 is 0 Å². The van der Waals surface area contributed by atoms with E-state index in [1.54, 1.807) is 19.9 Å². The highest BCUT2D eigenvalue weighted by Gasteiger charge is 2.16. The molecular formula is C21H20ClNO3. The number of hydrogen-bond donors (Lipinski definition) is 0. The minimum Gasteiger partial charge on any atom is -0.479 e. The van der Waals surface area contributed by atoms with Crippen molar-refractivity contribution in [3.05, 3.63) is 59.2 Å². The summed E-state index contributed by atoms with van der Waals surface area (Å²) in [6.45, 7) is 5.81. The van der Waals surface area contributed by atoms with Gasteiger partial charge in [-0.2, -0.15) is 0 Å². The average molecular weight is 370 g/mol. The van der Waals surface area contributed by atoms with E-state index in [4.69, 9.17) is 21.1 Å². The lowest BCUT2D eigenvalue weighted by Crippen LogP contribution is -2.26. The van der Waals surface area contributed by atoms with Gasteiger partial charge in [0.2, 0.25) is 0 Å². The summed E-state index contributed by atoms with van der Waals surface area (Å²) in [5.41, 5.74) is 4.00. The first-order valence-corrected chi connectivity index (χ1v) is 8.87. The number of carbonyl (C=O) groups excluding carboxylic acids is 1. The van der Waals surface area contributed by atoms with Gasteiger partial charge >= 0.3 is 5.97 Å². The van der Waals surface area contributed by atoms with Crippen LogP contribution in [0.15, 0.2) is 48.5 Å². The molecule has 0 aliphatic heterocycles. The van der Waals surface area contributed by atoms with Gasteiger partial charge in [-0.05, 0) is 55.7 Å². The lowest BCUT2D eigenvalue weighted by atomic mass is 9.97. The van der Waals surface area contributed by atoms with Gasteiger partial charge in [0, 0.05) is 11.5 Å². The van der Waals surface area contributed by atoms with Crippen molar-refractivity contribution in [2.75, 3.05) is 6.61 Å². The fourth-order valence-corrected chi connectivity index (χ4v) is 3.06. The van der Waals surface area contributed by atoms with E-state index in [2.05, 4.69) is 24.0 Å². The number of pyridine rings is 1. The van der Waals surface area contributed by atoms with Crippen LogP contribution in [0.2, 0.25) is 5.15 Å². The lowest BCUT2D eigenvalue weighted by molar-refractivity contribution is -0.150. The van der Waals surface area contributed by atoms with Gasteiger partial charge in [0.15, 0.2) is 6.10 Å². The van der Waals surface area contributed by atoms with Crippen LogP contribution in [0.3, 0.4) is 0 Å². The quantitative estimate of drug-likeness (QED) is 0.458. The summed E-state index contributed by atoms with van der Waals surface area (Å²) in [7, 11) is 0. The number of fused-ring (bicyclic) bond motifs is 1. The Morgan fingerprint density at radius 2 is 1.92 bits per heavy atom. The van der Waals surface area contributed by atoms with Gasteiger partial charge in [0.25, 0.3) is 0 Å². The van der Waals surface area contributed by atoms with Crippen LogP contribution in [0.4, 0.5) is 0 Å². The van der Waals surface area contributed by atoms with Crippen LogP contribution < -0.4 is 4.74 Å². The molecule has 4 nitrogen and oxygen atoms in total. The van der Waals surface area contributed by atoms with Crippen LogP contribution in [-0.2, 0) is 9.53 Å². The molecule has 1 unspecified atom stereocenters. The van der Waals surface area contributed by atoms with Crippen molar-refractivity contribution in [1.29, 1.82) is 0 Å². The zero-order chi connectivity index (χ0) is 18.7. The number of ether oxygens (including phenoxy) is 2. The highest BCUT2D eigenvalue weighted by Crippen LogP contribution is 2.33. The lowest BCUT2D eigenvalue weighted by Gasteiger charge is -2.15. The third-order valence-electron chi connectivity index (χ3n) is 4.12. The van der Waals surface area contributed by atoms with Gasteiger partial charge in [-0.1, -0.05) is 35.9 Å². The topological polar surface area (TPSA) is 48.4 Å². The molecule has 0 aliphatic rings. The summed E-state index contributed by atoms with van der Waals surface area (Å²) >= 11 is 6.25. The Labute approximate surface area is 157 Å². The van der Waals surface area contributed by atoms with Gasteiger partial charge in [-0.15, -0.1) is 0 Å². The van der Waals surface area contributed by atoms with Crippen molar-refractivity contribution < 1.29 is 14.3 Å². The Morgan fingerprint density at radius 1 is 1.15 bits per heavy atom. The molecule has 1 heterocycles. The zero-order valence-corrected chi connectivity index (χ0v) is 15.7.